The van der Waals surface area contributed by atoms with Gasteiger partial charge in [-0.15, -0.1) is 0 Å². The summed E-state index contributed by atoms with van der Waals surface area (Å²) in [7, 11) is 2.17. The van der Waals surface area contributed by atoms with E-state index in [1.54, 1.807) is 0 Å². The second kappa shape index (κ2) is 3.48. The zero-order valence-electron chi connectivity index (χ0n) is 10.0. The first-order chi connectivity index (χ1) is 8.75. The monoisotopic (exact) mass is 297 g/mol. The van der Waals surface area contributed by atoms with Crippen molar-refractivity contribution in [3.63, 3.8) is 0 Å². The van der Waals surface area contributed by atoms with Gasteiger partial charge in [-0.05, 0) is 34.2 Å². The van der Waals surface area contributed by atoms with Crippen LogP contribution in [0.15, 0.2) is 46.9 Å². The summed E-state index contributed by atoms with van der Waals surface area (Å²) in [5.74, 6) is 0. The van der Waals surface area contributed by atoms with E-state index in [2.05, 4.69) is 76.4 Å². The lowest BCUT2D eigenvalue weighted by Gasteiger charge is -2.18. The lowest BCUT2D eigenvalue weighted by atomic mass is 10.0. The molecule has 1 atom stereocenters. The van der Waals surface area contributed by atoms with Crippen molar-refractivity contribution in [3.05, 3.63) is 62.9 Å². The number of nitrogens with zero attached hydrogens (tertiary/aromatic N) is 1. The highest BCUT2D eigenvalue weighted by Gasteiger charge is 2.32. The third-order valence-corrected chi connectivity index (χ3v) is 4.42. The number of hydrogen-bond acceptors (Lipinski definition) is 1. The molecule has 2 aromatic carbocycles. The molecule has 0 radical (unpaired) electrons. The van der Waals surface area contributed by atoms with Crippen molar-refractivity contribution in [2.24, 2.45) is 0 Å². The SMILES string of the molecule is CN1c2cc(Br)ccc2C2=c3ccccc3=CC21. The summed E-state index contributed by atoms with van der Waals surface area (Å²) >= 11 is 3.56. The number of likely N-dealkylation sites (N-methyl/N-ethyl adjacent to an activating group) is 1. The quantitative estimate of drug-likeness (QED) is 0.721. The van der Waals surface area contributed by atoms with Crippen LogP contribution in [0.25, 0.3) is 11.6 Å². The first-order valence-corrected chi connectivity index (χ1v) is 6.89. The Bertz CT molecular complexity index is 776. The van der Waals surface area contributed by atoms with E-state index in [-0.39, 0.29) is 0 Å². The topological polar surface area (TPSA) is 3.24 Å². The van der Waals surface area contributed by atoms with Gasteiger partial charge in [-0.1, -0.05) is 46.3 Å². The van der Waals surface area contributed by atoms with Crippen LogP contribution in [0.1, 0.15) is 5.56 Å². The molecule has 0 amide bonds. The van der Waals surface area contributed by atoms with Crippen LogP contribution in [-0.4, -0.2) is 13.1 Å². The molecule has 2 aliphatic rings. The number of hydrogen-bond donors (Lipinski definition) is 0. The second-order valence-electron chi connectivity index (χ2n) is 4.88. The van der Waals surface area contributed by atoms with Crippen LogP contribution in [-0.2, 0) is 0 Å². The molecular weight excluding hydrogens is 286 g/mol. The van der Waals surface area contributed by atoms with Crippen molar-refractivity contribution in [2.45, 2.75) is 6.04 Å². The number of rotatable bonds is 0. The van der Waals surface area contributed by atoms with Crippen LogP contribution in [0.4, 0.5) is 5.69 Å². The van der Waals surface area contributed by atoms with Gasteiger partial charge in [0, 0.05) is 22.8 Å². The molecule has 1 aliphatic heterocycles. The van der Waals surface area contributed by atoms with E-state index in [9.17, 15) is 0 Å². The van der Waals surface area contributed by atoms with Crippen LogP contribution < -0.4 is 15.3 Å². The molecule has 0 N–H and O–H groups in total. The zero-order valence-corrected chi connectivity index (χ0v) is 11.6. The summed E-state index contributed by atoms with van der Waals surface area (Å²) in [4.78, 5) is 2.36. The predicted octanol–water partition coefficient (Wildman–Crippen LogP) is 2.26. The fourth-order valence-corrected chi connectivity index (χ4v) is 3.43. The average molecular weight is 298 g/mol. The maximum Gasteiger partial charge on any atom is 0.0745 e. The van der Waals surface area contributed by atoms with Crippen molar-refractivity contribution in [2.75, 3.05) is 11.9 Å². The highest BCUT2D eigenvalue weighted by atomic mass is 79.9. The molecule has 2 heteroatoms. The molecule has 1 aliphatic carbocycles. The van der Waals surface area contributed by atoms with Gasteiger partial charge < -0.3 is 4.90 Å². The Morgan fingerprint density at radius 2 is 1.94 bits per heavy atom. The van der Waals surface area contributed by atoms with E-state index in [1.165, 1.54) is 27.3 Å². The van der Waals surface area contributed by atoms with Gasteiger partial charge in [0.05, 0.1) is 6.04 Å². The van der Waals surface area contributed by atoms with Crippen molar-refractivity contribution >= 4 is 33.3 Å². The molecule has 0 saturated carbocycles. The molecule has 0 bridgehead atoms. The number of halogens is 1. The molecule has 1 heterocycles. The zero-order chi connectivity index (χ0) is 12.3. The van der Waals surface area contributed by atoms with E-state index in [1.807, 2.05) is 0 Å². The molecule has 18 heavy (non-hydrogen) atoms. The standard InChI is InChI=1S/C16H12BrN/c1-18-14-9-11(17)6-7-13(14)16-12-5-3-2-4-10(12)8-15(16)18/h2-9,15H,1H3. The van der Waals surface area contributed by atoms with Crippen molar-refractivity contribution in [1.82, 2.24) is 0 Å². The van der Waals surface area contributed by atoms with E-state index in [0.717, 1.165) is 4.47 Å². The molecule has 88 valence electrons. The number of fused-ring (bicyclic) bond motifs is 4. The molecule has 1 nitrogen and oxygen atoms in total. The Labute approximate surface area is 114 Å². The Hall–Kier alpha value is -1.54. The summed E-state index contributed by atoms with van der Waals surface area (Å²) in [5, 5.41) is 2.74. The molecule has 0 saturated heterocycles. The van der Waals surface area contributed by atoms with E-state index < -0.39 is 0 Å². The lowest BCUT2D eigenvalue weighted by molar-refractivity contribution is 0.986. The summed E-state index contributed by atoms with van der Waals surface area (Å²) < 4.78 is 1.14. The van der Waals surface area contributed by atoms with Gasteiger partial charge >= 0.3 is 0 Å². The first-order valence-electron chi connectivity index (χ1n) is 6.09. The van der Waals surface area contributed by atoms with E-state index >= 15 is 0 Å². The Morgan fingerprint density at radius 1 is 1.11 bits per heavy atom. The minimum Gasteiger partial charge on any atom is -0.363 e. The van der Waals surface area contributed by atoms with Crippen LogP contribution >= 0.6 is 15.9 Å². The van der Waals surface area contributed by atoms with Gasteiger partial charge in [0.25, 0.3) is 0 Å². The minimum atomic E-state index is 0.395. The summed E-state index contributed by atoms with van der Waals surface area (Å²) in [5.41, 5.74) is 4.14. The highest BCUT2D eigenvalue weighted by molar-refractivity contribution is 9.10. The second-order valence-corrected chi connectivity index (χ2v) is 5.80. The molecular formula is C16H12BrN. The third kappa shape index (κ3) is 1.21. The highest BCUT2D eigenvalue weighted by Crippen LogP contribution is 2.40. The van der Waals surface area contributed by atoms with Crippen molar-refractivity contribution in [1.29, 1.82) is 0 Å². The average Bonchev–Trinajstić information content (AvgIpc) is 2.87. The van der Waals surface area contributed by atoms with Gasteiger partial charge in [-0.25, -0.2) is 0 Å². The molecule has 2 aromatic rings. The Kier molecular flexibility index (Phi) is 2.01. The maximum absolute atomic E-state index is 3.56. The Morgan fingerprint density at radius 3 is 2.83 bits per heavy atom. The molecule has 0 fully saturated rings. The number of benzene rings is 2. The van der Waals surface area contributed by atoms with Gasteiger partial charge in [0.15, 0.2) is 0 Å². The summed E-state index contributed by atoms with van der Waals surface area (Å²) in [6.45, 7) is 0. The van der Waals surface area contributed by atoms with Gasteiger partial charge in [0.2, 0.25) is 0 Å². The maximum atomic E-state index is 3.56. The van der Waals surface area contributed by atoms with Gasteiger partial charge in [0.1, 0.15) is 0 Å². The van der Waals surface area contributed by atoms with Crippen molar-refractivity contribution < 1.29 is 0 Å². The largest absolute Gasteiger partial charge is 0.363 e. The summed E-state index contributed by atoms with van der Waals surface area (Å²) in [6.07, 6.45) is 2.36. The van der Waals surface area contributed by atoms with Crippen LogP contribution in [0.3, 0.4) is 0 Å². The minimum absolute atomic E-state index is 0.395. The fraction of sp³-hybridized carbons (Fsp3) is 0.125. The molecule has 0 aromatic heterocycles. The van der Waals surface area contributed by atoms with E-state index in [4.69, 9.17) is 0 Å². The molecule has 1 unspecified atom stereocenters. The fourth-order valence-electron chi connectivity index (χ4n) is 3.08. The third-order valence-electron chi connectivity index (χ3n) is 3.93. The van der Waals surface area contributed by atoms with E-state index in [0.29, 0.717) is 6.04 Å². The van der Waals surface area contributed by atoms with Crippen LogP contribution in [0.2, 0.25) is 0 Å². The smallest absolute Gasteiger partial charge is 0.0745 e. The Balaban J connectivity index is 2.13. The first kappa shape index (κ1) is 10.4. The number of anilines is 1. The molecule has 0 spiro atoms. The molecule has 4 rings (SSSR count). The van der Waals surface area contributed by atoms with Gasteiger partial charge in [-0.3, -0.25) is 0 Å². The van der Waals surface area contributed by atoms with Gasteiger partial charge in [-0.2, -0.15) is 0 Å². The van der Waals surface area contributed by atoms with Crippen molar-refractivity contribution in [3.8, 4) is 0 Å². The lowest BCUT2D eigenvalue weighted by Crippen LogP contribution is -2.24. The van der Waals surface area contributed by atoms with Crippen LogP contribution in [0, 0.1) is 0 Å². The predicted molar refractivity (Wildman–Crippen MR) is 79.0 cm³/mol. The van der Waals surface area contributed by atoms with Crippen LogP contribution in [0.5, 0.6) is 0 Å². The summed E-state index contributed by atoms with van der Waals surface area (Å²) in [6, 6.07) is 15.6. The normalized spacial score (nSPS) is 19.3.